The van der Waals surface area contributed by atoms with Gasteiger partial charge in [0.1, 0.15) is 0 Å². The summed E-state index contributed by atoms with van der Waals surface area (Å²) in [5.74, 6) is 1.82. The molecule has 3 rings (SSSR count). The molecule has 2 aliphatic heterocycles. The molecule has 0 spiro atoms. The van der Waals surface area contributed by atoms with Gasteiger partial charge in [-0.05, 0) is 70.3 Å². The molecule has 0 bridgehead atoms. The van der Waals surface area contributed by atoms with Gasteiger partial charge < -0.3 is 15.5 Å². The number of aliphatic imine (C=N–C) groups is 1. The SMILES string of the molecule is CN=C(NCCC1CCN(C)CC1)NCC1CCCN1Cc1ccccc1. The van der Waals surface area contributed by atoms with Gasteiger partial charge in [-0.2, -0.15) is 0 Å². The quantitative estimate of drug-likeness (QED) is 0.571. The zero-order valence-corrected chi connectivity index (χ0v) is 17.2. The summed E-state index contributed by atoms with van der Waals surface area (Å²) in [4.78, 5) is 9.46. The van der Waals surface area contributed by atoms with E-state index in [-0.39, 0.29) is 0 Å². The summed E-state index contributed by atoms with van der Waals surface area (Å²) in [5.41, 5.74) is 1.41. The summed E-state index contributed by atoms with van der Waals surface area (Å²) in [7, 11) is 4.10. The molecule has 1 unspecified atom stereocenters. The van der Waals surface area contributed by atoms with Crippen LogP contribution in [0.2, 0.25) is 0 Å². The first-order valence-electron chi connectivity index (χ1n) is 10.7. The molecule has 2 N–H and O–H groups in total. The molecule has 2 fully saturated rings. The van der Waals surface area contributed by atoms with E-state index in [1.54, 1.807) is 0 Å². The number of nitrogens with zero attached hydrogens (tertiary/aromatic N) is 3. The number of likely N-dealkylation sites (tertiary alicyclic amines) is 2. The second-order valence-corrected chi connectivity index (χ2v) is 8.17. The third kappa shape index (κ3) is 6.51. The van der Waals surface area contributed by atoms with Crippen molar-refractivity contribution < 1.29 is 0 Å². The third-order valence-electron chi connectivity index (χ3n) is 6.14. The van der Waals surface area contributed by atoms with E-state index in [0.29, 0.717) is 6.04 Å². The van der Waals surface area contributed by atoms with Crippen LogP contribution in [0.4, 0.5) is 0 Å². The molecule has 1 aromatic carbocycles. The Bertz CT molecular complexity index is 565. The zero-order valence-electron chi connectivity index (χ0n) is 17.2. The van der Waals surface area contributed by atoms with E-state index in [1.807, 2.05) is 7.05 Å². The summed E-state index contributed by atoms with van der Waals surface area (Å²) in [6.45, 7) is 6.74. The Kier molecular flexibility index (Phi) is 7.96. The van der Waals surface area contributed by atoms with E-state index in [4.69, 9.17) is 0 Å². The largest absolute Gasteiger partial charge is 0.356 e. The van der Waals surface area contributed by atoms with Crippen LogP contribution in [0.1, 0.15) is 37.7 Å². The van der Waals surface area contributed by atoms with Crippen LogP contribution in [0.15, 0.2) is 35.3 Å². The molecule has 0 amide bonds. The molecule has 1 aromatic rings. The highest BCUT2D eigenvalue weighted by atomic mass is 15.2. The van der Waals surface area contributed by atoms with Gasteiger partial charge in [0, 0.05) is 32.7 Å². The highest BCUT2D eigenvalue weighted by molar-refractivity contribution is 5.79. The lowest BCUT2D eigenvalue weighted by Gasteiger charge is -2.29. The van der Waals surface area contributed by atoms with Crippen LogP contribution in [0, 0.1) is 5.92 Å². The lowest BCUT2D eigenvalue weighted by Crippen LogP contribution is -2.45. The van der Waals surface area contributed by atoms with Gasteiger partial charge in [-0.1, -0.05) is 30.3 Å². The highest BCUT2D eigenvalue weighted by Gasteiger charge is 2.24. The van der Waals surface area contributed by atoms with E-state index >= 15 is 0 Å². The van der Waals surface area contributed by atoms with Crippen LogP contribution in [0.25, 0.3) is 0 Å². The minimum Gasteiger partial charge on any atom is -0.356 e. The van der Waals surface area contributed by atoms with Crippen molar-refractivity contribution in [2.75, 3.05) is 46.8 Å². The Morgan fingerprint density at radius 1 is 1.07 bits per heavy atom. The van der Waals surface area contributed by atoms with E-state index in [2.05, 4.69) is 62.8 Å². The smallest absolute Gasteiger partial charge is 0.191 e. The molecule has 0 radical (unpaired) electrons. The van der Waals surface area contributed by atoms with Crippen molar-refractivity contribution in [1.82, 2.24) is 20.4 Å². The predicted molar refractivity (Wildman–Crippen MR) is 114 cm³/mol. The van der Waals surface area contributed by atoms with Gasteiger partial charge in [0.05, 0.1) is 0 Å². The van der Waals surface area contributed by atoms with Crippen molar-refractivity contribution in [1.29, 1.82) is 0 Å². The molecule has 0 aliphatic carbocycles. The van der Waals surface area contributed by atoms with E-state index in [9.17, 15) is 0 Å². The van der Waals surface area contributed by atoms with Crippen molar-refractivity contribution in [2.24, 2.45) is 10.9 Å². The molecular weight excluding hydrogens is 334 g/mol. The van der Waals surface area contributed by atoms with Gasteiger partial charge in [0.15, 0.2) is 5.96 Å². The van der Waals surface area contributed by atoms with Crippen molar-refractivity contribution in [3.63, 3.8) is 0 Å². The van der Waals surface area contributed by atoms with Crippen molar-refractivity contribution in [3.8, 4) is 0 Å². The number of piperidine rings is 1. The molecule has 0 saturated carbocycles. The van der Waals surface area contributed by atoms with Gasteiger partial charge in [0.25, 0.3) is 0 Å². The highest BCUT2D eigenvalue weighted by Crippen LogP contribution is 2.20. The Morgan fingerprint density at radius 3 is 2.59 bits per heavy atom. The number of hydrogen-bond donors (Lipinski definition) is 2. The Balaban J connectivity index is 1.37. The second-order valence-electron chi connectivity index (χ2n) is 8.17. The van der Waals surface area contributed by atoms with E-state index in [0.717, 1.165) is 31.5 Å². The lowest BCUT2D eigenvalue weighted by atomic mass is 9.94. The molecule has 5 nitrogen and oxygen atoms in total. The van der Waals surface area contributed by atoms with E-state index in [1.165, 1.54) is 57.3 Å². The van der Waals surface area contributed by atoms with Gasteiger partial charge in [0.2, 0.25) is 0 Å². The molecule has 2 saturated heterocycles. The summed E-state index contributed by atoms with van der Waals surface area (Å²) in [6, 6.07) is 11.4. The minimum atomic E-state index is 0.595. The number of benzene rings is 1. The maximum Gasteiger partial charge on any atom is 0.191 e. The molecule has 2 heterocycles. The third-order valence-corrected chi connectivity index (χ3v) is 6.14. The van der Waals surface area contributed by atoms with Crippen LogP contribution in [0.5, 0.6) is 0 Å². The first-order valence-corrected chi connectivity index (χ1v) is 10.7. The Hall–Kier alpha value is -1.59. The van der Waals surface area contributed by atoms with Crippen molar-refractivity contribution >= 4 is 5.96 Å². The maximum absolute atomic E-state index is 4.42. The fourth-order valence-corrected chi connectivity index (χ4v) is 4.33. The number of guanidine groups is 1. The average Bonchev–Trinajstić information content (AvgIpc) is 3.14. The molecule has 5 heteroatoms. The van der Waals surface area contributed by atoms with Crippen LogP contribution in [-0.4, -0.2) is 68.6 Å². The summed E-state index contributed by atoms with van der Waals surface area (Å²) >= 11 is 0. The second kappa shape index (κ2) is 10.7. The van der Waals surface area contributed by atoms with Crippen LogP contribution >= 0.6 is 0 Å². The lowest BCUT2D eigenvalue weighted by molar-refractivity contribution is 0.213. The fourth-order valence-electron chi connectivity index (χ4n) is 4.33. The van der Waals surface area contributed by atoms with Crippen LogP contribution < -0.4 is 10.6 Å². The van der Waals surface area contributed by atoms with Crippen molar-refractivity contribution in [2.45, 2.75) is 44.7 Å². The standard InChI is InChI=1S/C22H37N5/c1-23-22(24-13-10-19-11-15-26(2)16-12-19)25-17-21-9-6-14-27(21)18-20-7-4-3-5-8-20/h3-5,7-8,19,21H,6,9-18H2,1-2H3,(H2,23,24,25). The first-order chi connectivity index (χ1) is 13.2. The van der Waals surface area contributed by atoms with Gasteiger partial charge in [-0.3, -0.25) is 9.89 Å². The van der Waals surface area contributed by atoms with Gasteiger partial charge in [-0.25, -0.2) is 0 Å². The molecule has 27 heavy (non-hydrogen) atoms. The molecular formula is C22H37N5. The maximum atomic E-state index is 4.42. The number of rotatable bonds is 7. The Morgan fingerprint density at radius 2 is 1.85 bits per heavy atom. The normalized spacial score (nSPS) is 22.9. The van der Waals surface area contributed by atoms with Gasteiger partial charge >= 0.3 is 0 Å². The minimum absolute atomic E-state index is 0.595. The zero-order chi connectivity index (χ0) is 18.9. The van der Waals surface area contributed by atoms with Gasteiger partial charge in [-0.15, -0.1) is 0 Å². The molecule has 150 valence electrons. The van der Waals surface area contributed by atoms with Crippen LogP contribution in [-0.2, 0) is 6.54 Å². The molecule has 2 aliphatic rings. The average molecular weight is 372 g/mol. The predicted octanol–water partition coefficient (Wildman–Crippen LogP) is 2.55. The summed E-state index contributed by atoms with van der Waals surface area (Å²) in [5, 5.41) is 7.08. The first kappa shape index (κ1) is 20.2. The summed E-state index contributed by atoms with van der Waals surface area (Å²) < 4.78 is 0. The fraction of sp³-hybridized carbons (Fsp3) is 0.682. The topological polar surface area (TPSA) is 42.9 Å². The number of hydrogen-bond acceptors (Lipinski definition) is 3. The summed E-state index contributed by atoms with van der Waals surface area (Å²) in [6.07, 6.45) is 6.48. The molecule has 0 aromatic heterocycles. The monoisotopic (exact) mass is 371 g/mol. The molecule has 1 atom stereocenters. The number of nitrogens with one attached hydrogen (secondary N) is 2. The van der Waals surface area contributed by atoms with Crippen LogP contribution in [0.3, 0.4) is 0 Å². The Labute approximate surface area is 165 Å². The van der Waals surface area contributed by atoms with E-state index < -0.39 is 0 Å². The van der Waals surface area contributed by atoms with Crippen molar-refractivity contribution in [3.05, 3.63) is 35.9 Å².